The topological polar surface area (TPSA) is 107 Å². The van der Waals surface area contributed by atoms with Crippen molar-refractivity contribution in [3.8, 4) is 0 Å². The van der Waals surface area contributed by atoms with E-state index < -0.39 is 24.3 Å². The van der Waals surface area contributed by atoms with Crippen LogP contribution in [0.4, 0.5) is 0 Å². The van der Waals surface area contributed by atoms with Crippen molar-refractivity contribution in [2.45, 2.75) is 34.2 Å². The molecule has 0 saturated carbocycles. The first-order valence-corrected chi connectivity index (χ1v) is 8.84. The van der Waals surface area contributed by atoms with E-state index >= 15 is 0 Å². The Hall–Kier alpha value is -2.68. The fourth-order valence-electron chi connectivity index (χ4n) is 2.58. The largest absolute Gasteiger partial charge is 0.462 e. The van der Waals surface area contributed by atoms with Crippen LogP contribution in [-0.2, 0) is 20.8 Å². The van der Waals surface area contributed by atoms with Gasteiger partial charge in [0, 0.05) is 22.5 Å². The molecule has 0 spiro atoms. The molecule has 0 aliphatic carbocycles. The second-order valence-electron chi connectivity index (χ2n) is 5.66. The Kier molecular flexibility index (Phi) is 6.14. The number of thiazole rings is 1. The van der Waals surface area contributed by atoms with E-state index in [4.69, 9.17) is 9.47 Å². The molecule has 140 valence electrons. The maximum absolute atomic E-state index is 12.5. The fraction of sp³-hybridized carbons (Fsp3) is 0.412. The number of esters is 2. The summed E-state index contributed by atoms with van der Waals surface area (Å²) in [4.78, 5) is 50.8. The third-order valence-corrected chi connectivity index (χ3v) is 4.64. The van der Waals surface area contributed by atoms with Gasteiger partial charge in [-0.3, -0.25) is 19.0 Å². The van der Waals surface area contributed by atoms with E-state index in [2.05, 4.69) is 4.98 Å². The minimum absolute atomic E-state index is 0.148. The predicted molar refractivity (Wildman–Crippen MR) is 94.8 cm³/mol. The molecule has 2 aromatic rings. The van der Waals surface area contributed by atoms with Gasteiger partial charge in [0.1, 0.15) is 6.54 Å². The molecule has 0 aromatic carbocycles. The Labute approximate surface area is 153 Å². The molecular formula is C17H20N2O6S. The summed E-state index contributed by atoms with van der Waals surface area (Å²) in [5.41, 5.74) is 1.95. The summed E-state index contributed by atoms with van der Waals surface area (Å²) < 4.78 is 11.2. The highest BCUT2D eigenvalue weighted by molar-refractivity contribution is 7.07. The second-order valence-corrected chi connectivity index (χ2v) is 6.48. The molecule has 0 aliphatic heterocycles. The lowest BCUT2D eigenvalue weighted by Gasteiger charge is -2.08. The van der Waals surface area contributed by atoms with Gasteiger partial charge >= 0.3 is 16.8 Å². The van der Waals surface area contributed by atoms with Crippen LogP contribution in [0.2, 0.25) is 0 Å². The Bertz CT molecular complexity index is 905. The molecular weight excluding hydrogens is 360 g/mol. The number of rotatable bonds is 7. The third-order valence-electron chi connectivity index (χ3n) is 3.76. The number of Topliss-reactive ketones (excluding diaryl/α,β-unsaturated/α-hetero) is 1. The van der Waals surface area contributed by atoms with Crippen molar-refractivity contribution in [1.82, 2.24) is 9.55 Å². The lowest BCUT2D eigenvalue weighted by atomic mass is 10.1. The number of carbonyl (C=O) groups is 3. The first-order chi connectivity index (χ1) is 12.3. The highest BCUT2D eigenvalue weighted by atomic mass is 32.1. The second kappa shape index (κ2) is 8.13. The predicted octanol–water partition coefficient (Wildman–Crippen LogP) is 1.77. The Morgan fingerprint density at radius 1 is 1.12 bits per heavy atom. The van der Waals surface area contributed by atoms with Crippen LogP contribution >= 0.6 is 11.3 Å². The zero-order valence-electron chi connectivity index (χ0n) is 15.0. The van der Waals surface area contributed by atoms with Gasteiger partial charge in [-0.1, -0.05) is 11.3 Å². The standard InChI is InChI=1S/C17H20N2O6S/c1-5-24-16(22)15-11(4)18-10(3)14(15)12(20)7-25-13(21)6-19-9(2)8-26-17(19)23/h8,18H,5-7H2,1-4H3. The molecule has 2 heterocycles. The summed E-state index contributed by atoms with van der Waals surface area (Å²) in [5.74, 6) is -1.83. The van der Waals surface area contributed by atoms with Gasteiger partial charge in [-0.25, -0.2) is 4.79 Å². The molecule has 0 saturated heterocycles. The van der Waals surface area contributed by atoms with Crippen molar-refractivity contribution in [1.29, 1.82) is 0 Å². The van der Waals surface area contributed by atoms with E-state index in [0.29, 0.717) is 17.1 Å². The van der Waals surface area contributed by atoms with Gasteiger partial charge < -0.3 is 14.5 Å². The van der Waals surface area contributed by atoms with Gasteiger partial charge in [-0.15, -0.1) is 0 Å². The van der Waals surface area contributed by atoms with Gasteiger partial charge in [0.25, 0.3) is 0 Å². The number of ketones is 1. The molecule has 1 N–H and O–H groups in total. The van der Waals surface area contributed by atoms with Crippen LogP contribution in [0, 0.1) is 20.8 Å². The summed E-state index contributed by atoms with van der Waals surface area (Å²) in [6, 6.07) is 0. The first kappa shape index (κ1) is 19.6. The molecule has 0 fully saturated rings. The number of carbonyl (C=O) groups excluding carboxylic acids is 3. The fourth-order valence-corrected chi connectivity index (χ4v) is 3.31. The Morgan fingerprint density at radius 3 is 2.35 bits per heavy atom. The molecule has 2 aromatic heterocycles. The molecule has 0 atom stereocenters. The van der Waals surface area contributed by atoms with Crippen molar-refractivity contribution in [3.63, 3.8) is 0 Å². The maximum atomic E-state index is 12.5. The van der Waals surface area contributed by atoms with Gasteiger partial charge in [-0.05, 0) is 27.7 Å². The van der Waals surface area contributed by atoms with Crippen molar-refractivity contribution in [3.05, 3.63) is 43.3 Å². The van der Waals surface area contributed by atoms with Crippen LogP contribution in [0.1, 0.15) is 44.7 Å². The molecule has 0 amide bonds. The average Bonchev–Trinajstić information content (AvgIpc) is 3.05. The van der Waals surface area contributed by atoms with Gasteiger partial charge in [-0.2, -0.15) is 0 Å². The highest BCUT2D eigenvalue weighted by Crippen LogP contribution is 2.20. The molecule has 26 heavy (non-hydrogen) atoms. The van der Waals surface area contributed by atoms with Crippen molar-refractivity contribution in [2.24, 2.45) is 0 Å². The van der Waals surface area contributed by atoms with E-state index in [0.717, 1.165) is 11.3 Å². The lowest BCUT2D eigenvalue weighted by molar-refractivity contribution is -0.143. The molecule has 0 aliphatic rings. The minimum Gasteiger partial charge on any atom is -0.462 e. The van der Waals surface area contributed by atoms with Crippen LogP contribution in [0.5, 0.6) is 0 Å². The zero-order valence-corrected chi connectivity index (χ0v) is 15.8. The number of ether oxygens (including phenoxy) is 2. The number of aryl methyl sites for hydroxylation is 3. The minimum atomic E-state index is -0.704. The normalized spacial score (nSPS) is 10.6. The summed E-state index contributed by atoms with van der Waals surface area (Å²) in [6.07, 6.45) is 0. The molecule has 2 rings (SSSR count). The van der Waals surface area contributed by atoms with Crippen molar-refractivity contribution < 1.29 is 23.9 Å². The zero-order chi connectivity index (χ0) is 19.4. The quantitative estimate of drug-likeness (QED) is 0.579. The number of hydrogen-bond acceptors (Lipinski definition) is 7. The Morgan fingerprint density at radius 2 is 1.77 bits per heavy atom. The number of aromatic nitrogens is 2. The number of nitrogens with one attached hydrogen (secondary N) is 1. The number of hydrogen-bond donors (Lipinski definition) is 1. The first-order valence-electron chi connectivity index (χ1n) is 7.96. The van der Waals surface area contributed by atoms with Crippen LogP contribution in [0.3, 0.4) is 0 Å². The smallest absolute Gasteiger partial charge is 0.340 e. The van der Waals surface area contributed by atoms with Crippen LogP contribution in [0.25, 0.3) is 0 Å². The van der Waals surface area contributed by atoms with Crippen LogP contribution in [0.15, 0.2) is 10.2 Å². The van der Waals surface area contributed by atoms with Gasteiger partial charge in [0.05, 0.1) is 17.7 Å². The van der Waals surface area contributed by atoms with Crippen molar-refractivity contribution >= 4 is 29.1 Å². The molecule has 9 heteroatoms. The number of aromatic amines is 1. The van der Waals surface area contributed by atoms with E-state index in [1.165, 1.54) is 4.57 Å². The summed E-state index contributed by atoms with van der Waals surface area (Å²) >= 11 is 0.986. The van der Waals surface area contributed by atoms with E-state index in [9.17, 15) is 19.2 Å². The van der Waals surface area contributed by atoms with Crippen molar-refractivity contribution in [2.75, 3.05) is 13.2 Å². The molecule has 0 unspecified atom stereocenters. The summed E-state index contributed by atoms with van der Waals surface area (Å²) in [5, 5.41) is 1.64. The highest BCUT2D eigenvalue weighted by Gasteiger charge is 2.26. The third kappa shape index (κ3) is 4.10. The number of H-pyrrole nitrogens is 1. The summed E-state index contributed by atoms with van der Waals surface area (Å²) in [7, 11) is 0. The van der Waals surface area contributed by atoms with Gasteiger partial charge in [0.15, 0.2) is 6.61 Å². The van der Waals surface area contributed by atoms with E-state index in [-0.39, 0.29) is 29.2 Å². The lowest BCUT2D eigenvalue weighted by Crippen LogP contribution is -2.24. The van der Waals surface area contributed by atoms with E-state index in [1.54, 1.807) is 33.1 Å². The molecule has 0 bridgehead atoms. The number of nitrogens with zero attached hydrogens (tertiary/aromatic N) is 1. The van der Waals surface area contributed by atoms with Crippen LogP contribution in [-0.4, -0.2) is 40.5 Å². The summed E-state index contributed by atoms with van der Waals surface area (Å²) in [6.45, 7) is 6.07. The average molecular weight is 380 g/mol. The van der Waals surface area contributed by atoms with Crippen LogP contribution < -0.4 is 4.87 Å². The van der Waals surface area contributed by atoms with Gasteiger partial charge in [0.2, 0.25) is 5.78 Å². The van der Waals surface area contributed by atoms with E-state index in [1.807, 2.05) is 0 Å². The monoisotopic (exact) mass is 380 g/mol. The maximum Gasteiger partial charge on any atom is 0.340 e. The molecule has 0 radical (unpaired) electrons. The Balaban J connectivity index is 2.10. The molecule has 8 nitrogen and oxygen atoms in total. The SMILES string of the molecule is CCOC(=O)c1c(C)[nH]c(C)c1C(=O)COC(=O)Cn1c(C)csc1=O.